The van der Waals surface area contributed by atoms with Crippen LogP contribution in [-0.4, -0.2) is 16.8 Å². The highest BCUT2D eigenvalue weighted by atomic mass is 35.5. The molecule has 4 rings (SSSR count). The van der Waals surface area contributed by atoms with E-state index < -0.39 is 0 Å². The third-order valence-electron chi connectivity index (χ3n) is 4.22. The number of benzene rings is 2. The number of nitrogens with one attached hydrogen (secondary N) is 2. The second-order valence-corrected chi connectivity index (χ2v) is 6.52. The van der Waals surface area contributed by atoms with Crippen LogP contribution in [0.25, 0.3) is 0 Å². The average molecular weight is 384 g/mol. The number of aromatic nitrogens is 2. The summed E-state index contributed by atoms with van der Waals surface area (Å²) in [5.41, 5.74) is 9.48. The first-order valence-electron chi connectivity index (χ1n) is 8.36. The number of aryl methyl sites for hydroxylation is 1. The van der Waals surface area contributed by atoms with Crippen LogP contribution in [0.1, 0.15) is 11.1 Å². The van der Waals surface area contributed by atoms with Crippen LogP contribution >= 0.6 is 11.6 Å². The Morgan fingerprint density at radius 3 is 2.74 bits per heavy atom. The van der Waals surface area contributed by atoms with E-state index >= 15 is 0 Å². The number of hydrogen-bond donors (Lipinski definition) is 3. The lowest BCUT2D eigenvalue weighted by molar-refractivity contribution is 0.174. The van der Waals surface area contributed by atoms with Crippen molar-refractivity contribution in [2.24, 2.45) is 0 Å². The summed E-state index contributed by atoms with van der Waals surface area (Å²) in [4.78, 5) is 8.45. The van der Waals surface area contributed by atoms with Gasteiger partial charge in [0, 0.05) is 17.3 Å². The Morgan fingerprint density at radius 2 is 1.89 bits per heavy atom. The first kappa shape index (κ1) is 17.2. The molecule has 0 amide bonds. The predicted molar refractivity (Wildman–Crippen MR) is 106 cm³/mol. The number of rotatable bonds is 5. The molecular weight excluding hydrogens is 366 g/mol. The SMILES string of the molecule is Cc1ccc(Nc2ncnc(NCc3ccc4c(c3)OCO4)c2N)cc1Cl. The van der Waals surface area contributed by atoms with Gasteiger partial charge in [-0.25, -0.2) is 9.97 Å². The summed E-state index contributed by atoms with van der Waals surface area (Å²) >= 11 is 6.17. The summed E-state index contributed by atoms with van der Waals surface area (Å²) in [5, 5.41) is 7.08. The lowest BCUT2D eigenvalue weighted by atomic mass is 10.2. The molecular formula is C19H18ClN5O2. The zero-order chi connectivity index (χ0) is 18.8. The van der Waals surface area contributed by atoms with Crippen LogP contribution in [0.15, 0.2) is 42.7 Å². The van der Waals surface area contributed by atoms with E-state index in [0.29, 0.717) is 28.9 Å². The Kier molecular flexibility index (Phi) is 4.60. The molecule has 3 aromatic rings. The van der Waals surface area contributed by atoms with E-state index in [-0.39, 0.29) is 6.79 Å². The fraction of sp³-hybridized carbons (Fsp3) is 0.158. The number of nitrogens with two attached hydrogens (primary N) is 1. The number of halogens is 1. The minimum atomic E-state index is 0.253. The van der Waals surface area contributed by atoms with Crippen LogP contribution in [0.3, 0.4) is 0 Å². The lowest BCUT2D eigenvalue weighted by Crippen LogP contribution is -2.08. The van der Waals surface area contributed by atoms with Crippen LogP contribution in [0.2, 0.25) is 5.02 Å². The summed E-state index contributed by atoms with van der Waals surface area (Å²) in [6.45, 7) is 2.74. The molecule has 138 valence electrons. The monoisotopic (exact) mass is 383 g/mol. The molecule has 0 bridgehead atoms. The minimum Gasteiger partial charge on any atom is -0.454 e. The van der Waals surface area contributed by atoms with Crippen molar-refractivity contribution in [3.05, 3.63) is 58.9 Å². The van der Waals surface area contributed by atoms with Crippen LogP contribution in [0, 0.1) is 6.92 Å². The van der Waals surface area contributed by atoms with E-state index in [1.54, 1.807) is 0 Å². The summed E-state index contributed by atoms with van der Waals surface area (Å²) in [6, 6.07) is 11.5. The highest BCUT2D eigenvalue weighted by Crippen LogP contribution is 2.33. The number of anilines is 4. The maximum atomic E-state index is 6.23. The van der Waals surface area contributed by atoms with E-state index in [0.717, 1.165) is 28.3 Å². The smallest absolute Gasteiger partial charge is 0.231 e. The van der Waals surface area contributed by atoms with Gasteiger partial charge < -0.3 is 25.8 Å². The molecule has 0 spiro atoms. The molecule has 0 atom stereocenters. The Hall–Kier alpha value is -3.19. The highest BCUT2D eigenvalue weighted by molar-refractivity contribution is 6.31. The molecule has 1 aliphatic heterocycles. The molecule has 0 saturated carbocycles. The molecule has 0 fully saturated rings. The van der Waals surface area contributed by atoms with Crippen molar-refractivity contribution in [3.8, 4) is 11.5 Å². The third kappa shape index (κ3) is 3.68. The fourth-order valence-electron chi connectivity index (χ4n) is 2.68. The third-order valence-corrected chi connectivity index (χ3v) is 4.62. The van der Waals surface area contributed by atoms with E-state index in [2.05, 4.69) is 20.6 Å². The van der Waals surface area contributed by atoms with Gasteiger partial charge in [-0.15, -0.1) is 0 Å². The zero-order valence-corrected chi connectivity index (χ0v) is 15.4. The van der Waals surface area contributed by atoms with Gasteiger partial charge in [-0.1, -0.05) is 23.7 Å². The molecule has 0 radical (unpaired) electrons. The van der Waals surface area contributed by atoms with Crippen molar-refractivity contribution in [2.75, 3.05) is 23.2 Å². The van der Waals surface area contributed by atoms with Gasteiger partial charge in [-0.3, -0.25) is 0 Å². The molecule has 2 aromatic carbocycles. The maximum absolute atomic E-state index is 6.23. The maximum Gasteiger partial charge on any atom is 0.231 e. The van der Waals surface area contributed by atoms with E-state index in [4.69, 9.17) is 26.8 Å². The van der Waals surface area contributed by atoms with E-state index in [1.807, 2.05) is 43.3 Å². The second-order valence-electron chi connectivity index (χ2n) is 6.11. The molecule has 1 aliphatic rings. The number of nitrogens with zero attached hydrogens (tertiary/aromatic N) is 2. The van der Waals surface area contributed by atoms with Crippen LogP contribution in [0.5, 0.6) is 11.5 Å². The fourth-order valence-corrected chi connectivity index (χ4v) is 2.86. The standard InChI is InChI=1S/C19H18ClN5O2/c1-11-2-4-13(7-14(11)20)25-19-17(21)18(23-9-24-19)22-8-12-3-5-15-16(6-12)27-10-26-15/h2-7,9H,8,10,21H2,1H3,(H2,22,23,24,25). The van der Waals surface area contributed by atoms with Gasteiger partial charge >= 0.3 is 0 Å². The Labute approximate surface area is 161 Å². The van der Waals surface area contributed by atoms with Crippen molar-refractivity contribution in [3.63, 3.8) is 0 Å². The Balaban J connectivity index is 1.49. The van der Waals surface area contributed by atoms with Gasteiger partial charge in [0.2, 0.25) is 6.79 Å². The van der Waals surface area contributed by atoms with Crippen LogP contribution in [0.4, 0.5) is 23.0 Å². The molecule has 8 heteroatoms. The van der Waals surface area contributed by atoms with Crippen molar-refractivity contribution in [1.82, 2.24) is 9.97 Å². The highest BCUT2D eigenvalue weighted by Gasteiger charge is 2.14. The molecule has 0 unspecified atom stereocenters. The lowest BCUT2D eigenvalue weighted by Gasteiger charge is -2.13. The molecule has 0 aliphatic carbocycles. The summed E-state index contributed by atoms with van der Waals surface area (Å²) in [7, 11) is 0. The normalized spacial score (nSPS) is 12.1. The zero-order valence-electron chi connectivity index (χ0n) is 14.6. The predicted octanol–water partition coefficient (Wildman–Crippen LogP) is 4.11. The number of hydrogen-bond acceptors (Lipinski definition) is 7. The van der Waals surface area contributed by atoms with Crippen molar-refractivity contribution < 1.29 is 9.47 Å². The molecule has 27 heavy (non-hydrogen) atoms. The quantitative estimate of drug-likeness (QED) is 0.610. The van der Waals surface area contributed by atoms with Crippen molar-refractivity contribution in [2.45, 2.75) is 13.5 Å². The molecule has 1 aromatic heterocycles. The van der Waals surface area contributed by atoms with Crippen molar-refractivity contribution in [1.29, 1.82) is 0 Å². The molecule has 0 saturated heterocycles. The average Bonchev–Trinajstić information content (AvgIpc) is 3.13. The molecule has 2 heterocycles. The molecule has 4 N–H and O–H groups in total. The summed E-state index contributed by atoms with van der Waals surface area (Å²) in [5.74, 6) is 2.55. The Morgan fingerprint density at radius 1 is 1.07 bits per heavy atom. The summed E-state index contributed by atoms with van der Waals surface area (Å²) < 4.78 is 10.7. The molecule has 7 nitrogen and oxygen atoms in total. The van der Waals surface area contributed by atoms with Gasteiger partial charge in [0.05, 0.1) is 0 Å². The largest absolute Gasteiger partial charge is 0.454 e. The van der Waals surface area contributed by atoms with E-state index in [9.17, 15) is 0 Å². The Bertz CT molecular complexity index is 996. The number of fused-ring (bicyclic) bond motifs is 1. The first-order chi connectivity index (χ1) is 13.1. The first-order valence-corrected chi connectivity index (χ1v) is 8.74. The van der Waals surface area contributed by atoms with E-state index in [1.165, 1.54) is 6.33 Å². The number of ether oxygens (including phenoxy) is 2. The van der Waals surface area contributed by atoms with Crippen molar-refractivity contribution >= 4 is 34.6 Å². The van der Waals surface area contributed by atoms with Gasteiger partial charge in [0.1, 0.15) is 12.0 Å². The van der Waals surface area contributed by atoms with Crippen LogP contribution < -0.4 is 25.8 Å². The minimum absolute atomic E-state index is 0.253. The van der Waals surface area contributed by atoms with Gasteiger partial charge in [-0.2, -0.15) is 0 Å². The van der Waals surface area contributed by atoms with Gasteiger partial charge in [0.15, 0.2) is 23.1 Å². The van der Waals surface area contributed by atoms with Gasteiger partial charge in [0.25, 0.3) is 0 Å². The topological polar surface area (TPSA) is 94.3 Å². The number of nitrogen functional groups attached to an aromatic ring is 1. The van der Waals surface area contributed by atoms with Crippen LogP contribution in [-0.2, 0) is 6.54 Å². The second kappa shape index (κ2) is 7.20. The van der Waals surface area contributed by atoms with Gasteiger partial charge in [-0.05, 0) is 42.3 Å². The summed E-state index contributed by atoms with van der Waals surface area (Å²) in [6.07, 6.45) is 1.45.